The predicted molar refractivity (Wildman–Crippen MR) is 73.3 cm³/mol. The molecule has 2 rings (SSSR count). The fourth-order valence-electron chi connectivity index (χ4n) is 3.09. The molecule has 2 heteroatoms. The first-order valence-corrected chi connectivity index (χ1v) is 6.66. The van der Waals surface area contributed by atoms with Gasteiger partial charge in [0.2, 0.25) is 0 Å². The van der Waals surface area contributed by atoms with Gasteiger partial charge in [0, 0.05) is 12.3 Å². The molecule has 0 radical (unpaired) electrons. The molecule has 0 spiro atoms. The smallest absolute Gasteiger partial charge is 0.141 e. The van der Waals surface area contributed by atoms with E-state index >= 15 is 0 Å². The highest BCUT2D eigenvalue weighted by atomic mass is 16.5. The molecule has 0 aromatic heterocycles. The number of carbonyl (C=O) groups is 1. The summed E-state index contributed by atoms with van der Waals surface area (Å²) in [6, 6.07) is 4.27. The van der Waals surface area contributed by atoms with Crippen LogP contribution < -0.4 is 4.74 Å². The second-order valence-corrected chi connectivity index (χ2v) is 5.74. The van der Waals surface area contributed by atoms with Crippen molar-refractivity contribution < 1.29 is 9.53 Å². The lowest BCUT2D eigenvalue weighted by Crippen LogP contribution is -2.26. The third-order valence-corrected chi connectivity index (χ3v) is 3.99. The third-order valence-electron chi connectivity index (χ3n) is 3.99. The van der Waals surface area contributed by atoms with Crippen molar-refractivity contribution in [1.29, 1.82) is 0 Å². The zero-order valence-corrected chi connectivity index (χ0v) is 11.9. The van der Waals surface area contributed by atoms with Crippen LogP contribution in [0.3, 0.4) is 0 Å². The zero-order valence-electron chi connectivity index (χ0n) is 11.9. The van der Waals surface area contributed by atoms with Crippen molar-refractivity contribution in [2.24, 2.45) is 5.92 Å². The summed E-state index contributed by atoms with van der Waals surface area (Å²) in [5, 5.41) is 0. The van der Waals surface area contributed by atoms with Crippen LogP contribution in [0.1, 0.15) is 55.7 Å². The second kappa shape index (κ2) is 4.75. The summed E-state index contributed by atoms with van der Waals surface area (Å²) in [4.78, 5) is 12.2. The standard InChI is InChI=1S/C16H22O2/c1-9(2)16-13-6-11(4)15(18-5)8-12(13)10(3)7-14(16)17/h6,8-10,16H,7H2,1-5H3/t10-,16+/m0/s1. The van der Waals surface area contributed by atoms with Crippen LogP contribution in [-0.4, -0.2) is 12.9 Å². The third kappa shape index (κ3) is 2.05. The number of benzene rings is 1. The molecule has 18 heavy (non-hydrogen) atoms. The van der Waals surface area contributed by atoms with Crippen LogP contribution in [0.2, 0.25) is 0 Å². The molecule has 0 saturated heterocycles. The second-order valence-electron chi connectivity index (χ2n) is 5.74. The van der Waals surface area contributed by atoms with Crippen molar-refractivity contribution in [3.05, 3.63) is 28.8 Å². The summed E-state index contributed by atoms with van der Waals surface area (Å²) in [6.07, 6.45) is 0.655. The lowest BCUT2D eigenvalue weighted by molar-refractivity contribution is -0.122. The first-order chi connectivity index (χ1) is 8.45. The maximum atomic E-state index is 12.2. The monoisotopic (exact) mass is 246 g/mol. The molecule has 1 aromatic rings. The molecule has 0 amide bonds. The van der Waals surface area contributed by atoms with E-state index in [0.29, 0.717) is 24.0 Å². The van der Waals surface area contributed by atoms with Crippen molar-refractivity contribution in [1.82, 2.24) is 0 Å². The molecule has 0 N–H and O–H groups in total. The lowest BCUT2D eigenvalue weighted by atomic mass is 9.72. The van der Waals surface area contributed by atoms with Crippen LogP contribution in [0.15, 0.2) is 12.1 Å². The number of aryl methyl sites for hydroxylation is 1. The van der Waals surface area contributed by atoms with E-state index < -0.39 is 0 Å². The van der Waals surface area contributed by atoms with Gasteiger partial charge in [-0.2, -0.15) is 0 Å². The van der Waals surface area contributed by atoms with Crippen LogP contribution >= 0.6 is 0 Å². The molecule has 98 valence electrons. The van der Waals surface area contributed by atoms with Gasteiger partial charge < -0.3 is 4.74 Å². The first kappa shape index (κ1) is 13.1. The number of hydrogen-bond donors (Lipinski definition) is 0. The Morgan fingerprint density at radius 1 is 1.28 bits per heavy atom. The molecule has 1 aromatic carbocycles. The number of fused-ring (bicyclic) bond motifs is 1. The number of ketones is 1. The highest BCUT2D eigenvalue weighted by molar-refractivity contribution is 5.89. The fraction of sp³-hybridized carbons (Fsp3) is 0.562. The Morgan fingerprint density at radius 2 is 1.94 bits per heavy atom. The van der Waals surface area contributed by atoms with Crippen molar-refractivity contribution in [2.45, 2.75) is 46.0 Å². The summed E-state index contributed by atoms with van der Waals surface area (Å²) >= 11 is 0. The average molecular weight is 246 g/mol. The largest absolute Gasteiger partial charge is 0.496 e. The molecule has 2 nitrogen and oxygen atoms in total. The minimum atomic E-state index is 0.0563. The molecule has 2 atom stereocenters. The van der Waals surface area contributed by atoms with Gasteiger partial charge in [-0.3, -0.25) is 4.79 Å². The van der Waals surface area contributed by atoms with Crippen LogP contribution in [0.25, 0.3) is 0 Å². The molecule has 0 heterocycles. The maximum Gasteiger partial charge on any atom is 0.141 e. The minimum Gasteiger partial charge on any atom is -0.496 e. The minimum absolute atomic E-state index is 0.0563. The highest BCUT2D eigenvalue weighted by Gasteiger charge is 2.34. The Bertz CT molecular complexity index is 474. The Morgan fingerprint density at radius 3 is 2.50 bits per heavy atom. The number of carbonyl (C=O) groups excluding carboxylic acids is 1. The van der Waals surface area contributed by atoms with Crippen molar-refractivity contribution in [3.8, 4) is 5.75 Å². The van der Waals surface area contributed by atoms with Crippen LogP contribution in [0.4, 0.5) is 0 Å². The Hall–Kier alpha value is -1.31. The molecule has 1 aliphatic rings. The number of rotatable bonds is 2. The summed E-state index contributed by atoms with van der Waals surface area (Å²) in [6.45, 7) is 8.42. The molecule has 0 unspecified atom stereocenters. The molecule has 0 fully saturated rings. The van der Waals surface area contributed by atoms with Crippen LogP contribution in [0.5, 0.6) is 5.75 Å². The molecule has 0 bridgehead atoms. The van der Waals surface area contributed by atoms with Gasteiger partial charge in [-0.05, 0) is 41.5 Å². The van der Waals surface area contributed by atoms with Gasteiger partial charge >= 0.3 is 0 Å². The van der Waals surface area contributed by atoms with Gasteiger partial charge in [0.15, 0.2) is 0 Å². The van der Waals surface area contributed by atoms with Gasteiger partial charge in [-0.25, -0.2) is 0 Å². The van der Waals surface area contributed by atoms with E-state index in [9.17, 15) is 4.79 Å². The van der Waals surface area contributed by atoms with Gasteiger partial charge in [0.1, 0.15) is 11.5 Å². The Balaban J connectivity index is 2.60. The topological polar surface area (TPSA) is 26.3 Å². The lowest BCUT2D eigenvalue weighted by Gasteiger charge is -2.32. The van der Waals surface area contributed by atoms with Crippen molar-refractivity contribution in [3.63, 3.8) is 0 Å². The normalized spacial score (nSPS) is 23.1. The predicted octanol–water partition coefficient (Wildman–Crippen LogP) is 3.82. The SMILES string of the molecule is COc1cc2c(cc1C)[C@@H](C(C)C)C(=O)C[C@@H]2C. The van der Waals surface area contributed by atoms with Crippen molar-refractivity contribution >= 4 is 5.78 Å². The van der Waals surface area contributed by atoms with E-state index in [1.165, 1.54) is 11.1 Å². The quantitative estimate of drug-likeness (QED) is 0.793. The molecule has 1 aliphatic carbocycles. The van der Waals surface area contributed by atoms with E-state index in [2.05, 4.69) is 32.9 Å². The summed E-state index contributed by atoms with van der Waals surface area (Å²) in [7, 11) is 1.70. The molecule has 0 aliphatic heterocycles. The van der Waals surface area contributed by atoms with E-state index in [1.54, 1.807) is 7.11 Å². The van der Waals surface area contributed by atoms with E-state index in [4.69, 9.17) is 4.74 Å². The number of methoxy groups -OCH3 is 1. The average Bonchev–Trinajstić information content (AvgIpc) is 2.27. The number of ether oxygens (including phenoxy) is 1. The molecular formula is C16H22O2. The van der Waals surface area contributed by atoms with Gasteiger partial charge in [0.05, 0.1) is 7.11 Å². The van der Waals surface area contributed by atoms with Crippen LogP contribution in [-0.2, 0) is 4.79 Å². The van der Waals surface area contributed by atoms with Gasteiger partial charge in [0.25, 0.3) is 0 Å². The van der Waals surface area contributed by atoms with Crippen LogP contribution in [0, 0.1) is 12.8 Å². The molecular weight excluding hydrogens is 224 g/mol. The van der Waals surface area contributed by atoms with Gasteiger partial charge in [-0.15, -0.1) is 0 Å². The van der Waals surface area contributed by atoms with E-state index in [-0.39, 0.29) is 5.92 Å². The van der Waals surface area contributed by atoms with E-state index in [0.717, 1.165) is 11.3 Å². The zero-order chi connectivity index (χ0) is 13.4. The molecule has 0 saturated carbocycles. The number of Topliss-reactive ketones (excluding diaryl/α,β-unsaturated/α-hetero) is 1. The highest BCUT2D eigenvalue weighted by Crippen LogP contribution is 2.42. The fourth-order valence-corrected chi connectivity index (χ4v) is 3.09. The van der Waals surface area contributed by atoms with E-state index in [1.807, 2.05) is 6.92 Å². The van der Waals surface area contributed by atoms with Gasteiger partial charge in [-0.1, -0.05) is 26.8 Å². The Kier molecular flexibility index (Phi) is 3.47. The summed E-state index contributed by atoms with van der Waals surface area (Å²) in [5.74, 6) is 2.03. The Labute approximate surface area is 109 Å². The maximum absolute atomic E-state index is 12.2. The first-order valence-electron chi connectivity index (χ1n) is 6.66. The van der Waals surface area contributed by atoms with Crippen molar-refractivity contribution in [2.75, 3.05) is 7.11 Å². The number of hydrogen-bond acceptors (Lipinski definition) is 2. The summed E-state index contributed by atoms with van der Waals surface area (Å²) in [5.41, 5.74) is 3.62. The summed E-state index contributed by atoms with van der Waals surface area (Å²) < 4.78 is 5.40.